The van der Waals surface area contributed by atoms with Gasteiger partial charge in [-0.2, -0.15) is 12.4 Å². The van der Waals surface area contributed by atoms with Gasteiger partial charge in [-0.15, -0.1) is 30.7 Å². The van der Waals surface area contributed by atoms with Gasteiger partial charge in [-0.3, -0.25) is 5.56 Å². The van der Waals surface area contributed by atoms with Crippen molar-refractivity contribution in [1.82, 2.24) is 4.98 Å². The van der Waals surface area contributed by atoms with Crippen molar-refractivity contribution in [3.05, 3.63) is 36.9 Å². The van der Waals surface area contributed by atoms with Crippen molar-refractivity contribution in [3.8, 4) is 0 Å². The molecule has 23 heavy (non-hydrogen) atoms. The van der Waals surface area contributed by atoms with Gasteiger partial charge in [-0.1, -0.05) is 6.92 Å². The van der Waals surface area contributed by atoms with Crippen molar-refractivity contribution in [3.63, 3.8) is 0 Å². The number of allylic oxidation sites excluding steroid dienone is 1. The average Bonchev–Trinajstić information content (AvgIpc) is 2.49. The third kappa shape index (κ3) is 11.1. The zero-order chi connectivity index (χ0) is 16.5. The summed E-state index contributed by atoms with van der Waals surface area (Å²) >= 11 is 0. The zero-order valence-electron chi connectivity index (χ0n) is 14.0. The molecule has 1 radical (unpaired) electrons. The first kappa shape index (κ1) is 28.6. The molecule has 0 saturated carbocycles. The number of aliphatic hydroxyl groups is 2. The number of anilines is 1. The molecule has 0 unspecified atom stereocenters. The van der Waals surface area contributed by atoms with Crippen LogP contribution in [0.15, 0.2) is 11.6 Å². The van der Waals surface area contributed by atoms with Crippen molar-refractivity contribution in [1.29, 1.82) is 0 Å². The van der Waals surface area contributed by atoms with Gasteiger partial charge in [0, 0.05) is 45.9 Å². The Morgan fingerprint density at radius 3 is 2.35 bits per heavy atom. The third-order valence-electron chi connectivity index (χ3n) is 2.39. The molecule has 0 spiro atoms. The molecule has 0 saturated heterocycles. The monoisotopic (exact) mass is 415 g/mol. The number of aromatic nitrogens is 1. The van der Waals surface area contributed by atoms with Crippen LogP contribution in [0.4, 0.5) is 11.5 Å². The smallest absolute Gasteiger partial charge is 0.477 e. The predicted octanol–water partition coefficient (Wildman–Crippen LogP) is -1.03. The molecule has 0 aliphatic rings. The van der Waals surface area contributed by atoms with Crippen molar-refractivity contribution in [2.24, 2.45) is 10.4 Å². The Hall–Kier alpha value is 0.760. The molecular formula is C16H21KN3O2Y-3. The Labute approximate surface area is 206 Å². The minimum Gasteiger partial charge on any atom is -0.477 e. The fourth-order valence-electron chi connectivity index (χ4n) is 1.06. The van der Waals surface area contributed by atoms with Crippen molar-refractivity contribution in [2.45, 2.75) is 13.8 Å². The number of rotatable bonds is 5. The van der Waals surface area contributed by atoms with Crippen LogP contribution in [0.5, 0.6) is 0 Å². The molecular weight excluding hydrogens is 394 g/mol. The summed E-state index contributed by atoms with van der Waals surface area (Å²) in [6.45, 7) is 15.6. The quantitative estimate of drug-likeness (QED) is 0.326. The van der Waals surface area contributed by atoms with Gasteiger partial charge in [0.25, 0.3) is 0 Å². The summed E-state index contributed by atoms with van der Waals surface area (Å²) in [5.41, 5.74) is 6.73. The fourth-order valence-corrected chi connectivity index (χ4v) is 1.06. The number of nitrogen functional groups attached to an aromatic ring is 1. The molecule has 0 aromatic carbocycles. The van der Waals surface area contributed by atoms with Crippen molar-refractivity contribution < 1.29 is 94.3 Å². The SMILES string of the molecule is [CH-]=Nc1[c-]c(C=[C-]C)c(C=C)nc1N.[CH2-]C(C)(CO)CO.[K+].[Y]. The Morgan fingerprint density at radius 2 is 2.04 bits per heavy atom. The van der Waals surface area contributed by atoms with Gasteiger partial charge in [-0.25, -0.2) is 0 Å². The Balaban J connectivity index is -0.000000386. The first-order valence-electron chi connectivity index (χ1n) is 6.19. The first-order valence-corrected chi connectivity index (χ1v) is 6.19. The molecule has 1 rings (SSSR count). The van der Waals surface area contributed by atoms with Gasteiger partial charge in [0.15, 0.2) is 0 Å². The second-order valence-corrected chi connectivity index (χ2v) is 4.66. The zero-order valence-corrected chi connectivity index (χ0v) is 20.0. The van der Waals surface area contributed by atoms with E-state index < -0.39 is 5.41 Å². The minimum atomic E-state index is -0.556. The van der Waals surface area contributed by atoms with E-state index in [1.54, 1.807) is 26.0 Å². The van der Waals surface area contributed by atoms with E-state index in [-0.39, 0.29) is 103 Å². The molecule has 1 aromatic heterocycles. The maximum absolute atomic E-state index is 8.37. The molecule has 7 heteroatoms. The van der Waals surface area contributed by atoms with Crippen LogP contribution in [0.1, 0.15) is 25.1 Å². The minimum absolute atomic E-state index is 0. The average molecular weight is 415 g/mol. The molecule has 0 amide bonds. The van der Waals surface area contributed by atoms with Gasteiger partial charge in [0.05, 0.1) is 0 Å². The maximum Gasteiger partial charge on any atom is 1.00 e. The van der Waals surface area contributed by atoms with Crippen LogP contribution >= 0.6 is 0 Å². The topological polar surface area (TPSA) is 91.7 Å². The maximum atomic E-state index is 8.37. The summed E-state index contributed by atoms with van der Waals surface area (Å²) in [6, 6.07) is 2.91. The number of nitrogens with zero attached hydrogens (tertiary/aromatic N) is 2. The number of nitrogens with two attached hydrogens (primary N) is 1. The van der Waals surface area contributed by atoms with Gasteiger partial charge >= 0.3 is 51.4 Å². The standard InChI is InChI=1S/C11H10N3.C5H11O2.K.Y/c1-4-6-8-7-10(13-3)11(12)14-9(8)5-2;1-5(2,3-6)4-7;;/h3,5-6H,2H2,1H3,(H2,12,14);6-7H,1,3-4H2,2H3;;/q-3;-1;+1;. The largest absolute Gasteiger partial charge is 1.00 e. The van der Waals surface area contributed by atoms with E-state index in [0.29, 0.717) is 11.4 Å². The van der Waals surface area contributed by atoms with Gasteiger partial charge < -0.3 is 51.1 Å². The van der Waals surface area contributed by atoms with Crippen LogP contribution < -0.4 is 57.1 Å². The summed E-state index contributed by atoms with van der Waals surface area (Å²) in [5.74, 6) is 0.246. The second-order valence-electron chi connectivity index (χ2n) is 4.66. The summed E-state index contributed by atoms with van der Waals surface area (Å²) < 4.78 is 0. The van der Waals surface area contributed by atoms with E-state index in [4.69, 9.17) is 22.7 Å². The molecule has 0 bridgehead atoms. The third-order valence-corrected chi connectivity index (χ3v) is 2.39. The Morgan fingerprint density at radius 1 is 1.52 bits per heavy atom. The van der Waals surface area contributed by atoms with Gasteiger partial charge in [0.1, 0.15) is 0 Å². The Bertz CT molecular complexity index is 514. The first-order chi connectivity index (χ1) is 9.84. The number of hydrogen-bond acceptors (Lipinski definition) is 5. The van der Waals surface area contributed by atoms with E-state index in [2.05, 4.69) is 35.6 Å². The van der Waals surface area contributed by atoms with Crippen LogP contribution in [0.2, 0.25) is 0 Å². The van der Waals surface area contributed by atoms with Crippen LogP contribution in [-0.4, -0.2) is 35.1 Å². The van der Waals surface area contributed by atoms with Crippen LogP contribution in [-0.2, 0) is 32.7 Å². The van der Waals surface area contributed by atoms with Crippen LogP contribution in [0.3, 0.4) is 0 Å². The molecule has 5 nitrogen and oxygen atoms in total. The fraction of sp³-hybridized carbons (Fsp3) is 0.312. The molecule has 1 heterocycles. The van der Waals surface area contributed by atoms with E-state index in [0.717, 1.165) is 5.56 Å². The van der Waals surface area contributed by atoms with Crippen LogP contribution in [0, 0.1) is 24.5 Å². The van der Waals surface area contributed by atoms with Crippen molar-refractivity contribution >= 4 is 30.4 Å². The number of hydrogen-bond donors (Lipinski definition) is 3. The molecule has 0 atom stereocenters. The molecule has 1 aromatic rings. The molecule has 119 valence electrons. The van der Waals surface area contributed by atoms with E-state index in [1.807, 2.05) is 0 Å². The van der Waals surface area contributed by atoms with E-state index in [1.165, 1.54) is 0 Å². The second kappa shape index (κ2) is 15.0. The van der Waals surface area contributed by atoms with E-state index >= 15 is 0 Å². The summed E-state index contributed by atoms with van der Waals surface area (Å²) in [7, 11) is 0. The molecule has 0 aliphatic carbocycles. The Kier molecular flexibility index (Phi) is 18.7. The molecule has 4 N–H and O–H groups in total. The normalized spacial score (nSPS) is 9.96. The summed E-state index contributed by atoms with van der Waals surface area (Å²) in [6.07, 6.45) is 6.18. The molecule has 0 fully saturated rings. The number of aliphatic hydroxyl groups excluding tert-OH is 2. The van der Waals surface area contributed by atoms with Crippen LogP contribution in [0.25, 0.3) is 12.2 Å². The van der Waals surface area contributed by atoms with Gasteiger partial charge in [-0.05, 0) is 5.82 Å². The number of aliphatic imine (C=N–C) groups is 1. The predicted molar refractivity (Wildman–Crippen MR) is 86.7 cm³/mol. The summed E-state index contributed by atoms with van der Waals surface area (Å²) in [5, 5.41) is 16.7. The van der Waals surface area contributed by atoms with E-state index in [9.17, 15) is 0 Å². The van der Waals surface area contributed by atoms with Crippen molar-refractivity contribution in [2.75, 3.05) is 18.9 Å². The summed E-state index contributed by atoms with van der Waals surface area (Å²) in [4.78, 5) is 7.53. The molecule has 0 aliphatic heterocycles. The van der Waals surface area contributed by atoms with Gasteiger partial charge in [0.2, 0.25) is 0 Å². The number of pyridine rings is 1.